The predicted octanol–water partition coefficient (Wildman–Crippen LogP) is 3.05. The number of nitrogens with one attached hydrogen (secondary N) is 1. The Morgan fingerprint density at radius 1 is 1.37 bits per heavy atom. The summed E-state index contributed by atoms with van der Waals surface area (Å²) >= 11 is 0. The molecular weight excluding hydrogens is 464 g/mol. The molecule has 1 N–H and O–H groups in total. The minimum Gasteiger partial charge on any atom is -0.494 e. The molecule has 1 fully saturated rings. The molecule has 0 spiro atoms. The predicted molar refractivity (Wildman–Crippen MR) is 116 cm³/mol. The number of benzene rings is 1. The molecule has 0 saturated carbocycles. The quantitative estimate of drug-likeness (QED) is 0.260. The van der Waals surface area contributed by atoms with Crippen LogP contribution in [0, 0.1) is 5.82 Å². The van der Waals surface area contributed by atoms with E-state index in [4.69, 9.17) is 14.2 Å². The van der Waals surface area contributed by atoms with Crippen LogP contribution in [0.5, 0.6) is 5.75 Å². The number of guanidine groups is 1. The highest BCUT2D eigenvalue weighted by molar-refractivity contribution is 14.0. The van der Waals surface area contributed by atoms with Crippen molar-refractivity contribution in [3.05, 3.63) is 29.6 Å². The molecule has 1 aliphatic heterocycles. The summed E-state index contributed by atoms with van der Waals surface area (Å²) in [6.07, 6.45) is 3.20. The van der Waals surface area contributed by atoms with Gasteiger partial charge in [-0.15, -0.1) is 24.0 Å². The van der Waals surface area contributed by atoms with E-state index in [-0.39, 0.29) is 35.5 Å². The van der Waals surface area contributed by atoms with Crippen LogP contribution in [0.25, 0.3) is 0 Å². The standard InChI is InChI=1S/C19H30FN3O3.HI/c1-21-19(22-9-4-10-26-16-7-11-25-12-8-16)23(2)14-15-5-6-18(24-3)17(20)13-15;/h5-6,13,16H,4,7-12,14H2,1-3H3,(H,21,22);1H. The number of ether oxygens (including phenoxy) is 3. The second kappa shape index (κ2) is 13.1. The molecule has 1 aromatic carbocycles. The van der Waals surface area contributed by atoms with Gasteiger partial charge in [-0.1, -0.05) is 6.07 Å². The number of halogens is 2. The van der Waals surface area contributed by atoms with Crippen LogP contribution in [-0.2, 0) is 16.0 Å². The lowest BCUT2D eigenvalue weighted by Gasteiger charge is -2.24. The van der Waals surface area contributed by atoms with E-state index in [0.29, 0.717) is 12.6 Å². The molecule has 6 nitrogen and oxygen atoms in total. The molecule has 0 atom stereocenters. The molecule has 1 heterocycles. The summed E-state index contributed by atoms with van der Waals surface area (Å²) in [5, 5.41) is 3.32. The molecule has 0 unspecified atom stereocenters. The van der Waals surface area contributed by atoms with Crippen molar-refractivity contribution in [3.63, 3.8) is 0 Å². The average molecular weight is 495 g/mol. The van der Waals surface area contributed by atoms with E-state index >= 15 is 0 Å². The molecule has 8 heteroatoms. The Balaban J connectivity index is 0.00000364. The molecule has 2 rings (SSSR count). The normalized spacial score (nSPS) is 15.2. The second-order valence-electron chi connectivity index (χ2n) is 6.34. The SMILES string of the molecule is CN=C(NCCCOC1CCOCC1)N(C)Cc1ccc(OC)c(F)c1.I. The molecule has 27 heavy (non-hydrogen) atoms. The van der Waals surface area contributed by atoms with Gasteiger partial charge in [-0.05, 0) is 37.0 Å². The van der Waals surface area contributed by atoms with E-state index in [2.05, 4.69) is 10.3 Å². The first-order valence-electron chi connectivity index (χ1n) is 9.07. The van der Waals surface area contributed by atoms with Gasteiger partial charge in [0.2, 0.25) is 0 Å². The first-order chi connectivity index (χ1) is 12.6. The highest BCUT2D eigenvalue weighted by Gasteiger charge is 2.13. The summed E-state index contributed by atoms with van der Waals surface area (Å²) in [4.78, 5) is 6.24. The molecule has 154 valence electrons. The fraction of sp³-hybridized carbons (Fsp3) is 0.632. The van der Waals surface area contributed by atoms with Crippen LogP contribution in [0.15, 0.2) is 23.2 Å². The third-order valence-corrected chi connectivity index (χ3v) is 4.34. The molecule has 0 aliphatic carbocycles. The Kier molecular flexibility index (Phi) is 11.6. The van der Waals surface area contributed by atoms with Crippen molar-refractivity contribution < 1.29 is 18.6 Å². The van der Waals surface area contributed by atoms with E-state index in [1.807, 2.05) is 18.0 Å². The maximum atomic E-state index is 13.8. The molecule has 0 radical (unpaired) electrons. The van der Waals surface area contributed by atoms with E-state index in [0.717, 1.165) is 57.2 Å². The van der Waals surface area contributed by atoms with Crippen LogP contribution in [0.2, 0.25) is 0 Å². The Hall–Kier alpha value is -1.13. The zero-order valence-electron chi connectivity index (χ0n) is 16.4. The first-order valence-corrected chi connectivity index (χ1v) is 9.07. The van der Waals surface area contributed by atoms with E-state index in [1.165, 1.54) is 13.2 Å². The Morgan fingerprint density at radius 3 is 2.74 bits per heavy atom. The Morgan fingerprint density at radius 2 is 2.11 bits per heavy atom. The van der Waals surface area contributed by atoms with E-state index < -0.39 is 0 Å². The zero-order chi connectivity index (χ0) is 18.8. The first kappa shape index (κ1) is 23.9. The van der Waals surface area contributed by atoms with Crippen molar-refractivity contribution in [1.82, 2.24) is 10.2 Å². The third kappa shape index (κ3) is 8.18. The molecular formula is C19H31FIN3O3. The maximum Gasteiger partial charge on any atom is 0.193 e. The van der Waals surface area contributed by atoms with Crippen LogP contribution >= 0.6 is 24.0 Å². The largest absolute Gasteiger partial charge is 0.494 e. The summed E-state index contributed by atoms with van der Waals surface area (Å²) < 4.78 is 30.0. The van der Waals surface area contributed by atoms with Crippen LogP contribution in [0.3, 0.4) is 0 Å². The van der Waals surface area contributed by atoms with Gasteiger partial charge < -0.3 is 24.4 Å². The summed E-state index contributed by atoms with van der Waals surface area (Å²) in [7, 11) is 5.13. The van der Waals surface area contributed by atoms with E-state index in [9.17, 15) is 4.39 Å². The summed E-state index contributed by atoms with van der Waals surface area (Å²) in [5.74, 6) is 0.669. The van der Waals surface area contributed by atoms with Crippen LogP contribution in [-0.4, -0.2) is 64.5 Å². The fourth-order valence-electron chi connectivity index (χ4n) is 2.91. The fourth-order valence-corrected chi connectivity index (χ4v) is 2.91. The van der Waals surface area contributed by atoms with Crippen molar-refractivity contribution in [2.45, 2.75) is 31.9 Å². The number of methoxy groups -OCH3 is 1. The highest BCUT2D eigenvalue weighted by atomic mass is 127. The number of nitrogens with zero attached hydrogens (tertiary/aromatic N) is 2. The number of hydrogen-bond acceptors (Lipinski definition) is 4. The number of aliphatic imine (C=N–C) groups is 1. The van der Waals surface area contributed by atoms with Gasteiger partial charge in [0.15, 0.2) is 17.5 Å². The van der Waals surface area contributed by atoms with E-state index in [1.54, 1.807) is 13.1 Å². The van der Waals surface area contributed by atoms with Crippen molar-refractivity contribution in [1.29, 1.82) is 0 Å². The van der Waals surface area contributed by atoms with Crippen LogP contribution in [0.1, 0.15) is 24.8 Å². The van der Waals surface area contributed by atoms with Crippen LogP contribution in [0.4, 0.5) is 4.39 Å². The van der Waals surface area contributed by atoms with Crippen molar-refractivity contribution in [2.24, 2.45) is 4.99 Å². The van der Waals surface area contributed by atoms with Crippen LogP contribution < -0.4 is 10.1 Å². The minimum atomic E-state index is -0.355. The van der Waals surface area contributed by atoms with Gasteiger partial charge in [-0.25, -0.2) is 4.39 Å². The van der Waals surface area contributed by atoms with Crippen molar-refractivity contribution in [2.75, 3.05) is 47.6 Å². The molecule has 0 bridgehead atoms. The molecule has 1 aromatic rings. The van der Waals surface area contributed by atoms with Gasteiger partial charge >= 0.3 is 0 Å². The minimum absolute atomic E-state index is 0. The van der Waals surface area contributed by atoms with Crippen molar-refractivity contribution >= 4 is 29.9 Å². The molecule has 0 amide bonds. The smallest absolute Gasteiger partial charge is 0.193 e. The Labute approximate surface area is 178 Å². The van der Waals surface area contributed by atoms with Gasteiger partial charge in [0, 0.05) is 47.0 Å². The number of hydrogen-bond donors (Lipinski definition) is 1. The monoisotopic (exact) mass is 495 g/mol. The maximum absolute atomic E-state index is 13.8. The summed E-state index contributed by atoms with van der Waals surface area (Å²) in [5.41, 5.74) is 0.858. The lowest BCUT2D eigenvalue weighted by Crippen LogP contribution is -2.39. The zero-order valence-corrected chi connectivity index (χ0v) is 18.7. The van der Waals surface area contributed by atoms with Gasteiger partial charge in [-0.3, -0.25) is 4.99 Å². The summed E-state index contributed by atoms with van der Waals surface area (Å²) in [6, 6.07) is 4.99. The van der Waals surface area contributed by atoms with Gasteiger partial charge in [0.25, 0.3) is 0 Å². The Bertz CT molecular complexity index is 583. The topological polar surface area (TPSA) is 55.3 Å². The highest BCUT2D eigenvalue weighted by Crippen LogP contribution is 2.18. The molecule has 0 aromatic heterocycles. The average Bonchev–Trinajstić information content (AvgIpc) is 2.65. The lowest BCUT2D eigenvalue weighted by molar-refractivity contribution is -0.0320. The second-order valence-corrected chi connectivity index (χ2v) is 6.34. The van der Waals surface area contributed by atoms with Gasteiger partial charge in [-0.2, -0.15) is 0 Å². The van der Waals surface area contributed by atoms with Gasteiger partial charge in [0.05, 0.1) is 13.2 Å². The summed E-state index contributed by atoms with van der Waals surface area (Å²) in [6.45, 7) is 3.65. The third-order valence-electron chi connectivity index (χ3n) is 4.34. The van der Waals surface area contributed by atoms with Gasteiger partial charge in [0.1, 0.15) is 0 Å². The molecule has 1 saturated heterocycles. The number of rotatable bonds is 8. The molecule has 1 aliphatic rings. The lowest BCUT2D eigenvalue weighted by atomic mass is 10.1. The van der Waals surface area contributed by atoms with Crippen molar-refractivity contribution in [3.8, 4) is 5.75 Å².